The van der Waals surface area contributed by atoms with E-state index >= 15 is 0 Å². The maximum Gasteiger partial charge on any atom is 0.180 e. The number of allylic oxidation sites excluding steroid dienone is 1. The first-order chi connectivity index (χ1) is 13.1. The van der Waals surface area contributed by atoms with E-state index in [1.54, 1.807) is 30.3 Å². The molecule has 0 amide bonds. The fourth-order valence-electron chi connectivity index (χ4n) is 2.14. The molecule has 0 bridgehead atoms. The van der Waals surface area contributed by atoms with E-state index in [2.05, 4.69) is 20.1 Å². The summed E-state index contributed by atoms with van der Waals surface area (Å²) in [6.07, 6.45) is 3.60. The van der Waals surface area contributed by atoms with E-state index in [1.165, 1.54) is 18.4 Å². The molecule has 0 saturated carbocycles. The van der Waals surface area contributed by atoms with E-state index in [9.17, 15) is 8.78 Å². The average molecular weight is 366 g/mol. The highest BCUT2D eigenvalue weighted by Crippen LogP contribution is 2.12. The smallest absolute Gasteiger partial charge is 0.180 e. The number of nitrogens with two attached hydrogens (primary N) is 1. The molecule has 27 heavy (non-hydrogen) atoms. The molecule has 0 aliphatic rings. The number of nitriles is 1. The molecule has 0 unspecified atom stereocenters. The van der Waals surface area contributed by atoms with E-state index in [4.69, 9.17) is 15.5 Å². The van der Waals surface area contributed by atoms with Gasteiger partial charge < -0.3 is 10.3 Å². The number of aromatic nitrogens is 3. The molecule has 7 nitrogen and oxygen atoms in total. The van der Waals surface area contributed by atoms with Crippen LogP contribution in [0.1, 0.15) is 22.8 Å². The highest BCUT2D eigenvalue weighted by Gasteiger charge is 2.11. The number of hydrogen-bond donors (Lipinski definition) is 1. The fraction of sp³-hybridized carbons (Fsp3) is 0.0556. The van der Waals surface area contributed by atoms with Crippen molar-refractivity contribution in [1.82, 2.24) is 15.1 Å². The lowest BCUT2D eigenvalue weighted by atomic mass is 10.2. The maximum absolute atomic E-state index is 13.8. The van der Waals surface area contributed by atoms with Crippen molar-refractivity contribution in [1.29, 1.82) is 5.26 Å². The van der Waals surface area contributed by atoms with Gasteiger partial charge in [0.25, 0.3) is 0 Å². The first-order valence-corrected chi connectivity index (χ1v) is 7.67. The Kier molecular flexibility index (Phi) is 5.28. The third-order valence-corrected chi connectivity index (χ3v) is 3.48. The lowest BCUT2D eigenvalue weighted by molar-refractivity contribution is 0.418. The van der Waals surface area contributed by atoms with Crippen LogP contribution in [0.4, 0.5) is 8.78 Å². The molecule has 0 saturated heterocycles. The summed E-state index contributed by atoms with van der Waals surface area (Å²) >= 11 is 0. The van der Waals surface area contributed by atoms with Crippen molar-refractivity contribution in [2.45, 2.75) is 6.54 Å². The third-order valence-electron chi connectivity index (χ3n) is 3.48. The number of benzene rings is 1. The van der Waals surface area contributed by atoms with Crippen molar-refractivity contribution < 1.29 is 13.3 Å². The zero-order valence-corrected chi connectivity index (χ0v) is 13.8. The van der Waals surface area contributed by atoms with Gasteiger partial charge in [0.1, 0.15) is 23.8 Å². The van der Waals surface area contributed by atoms with E-state index in [0.29, 0.717) is 11.3 Å². The monoisotopic (exact) mass is 366 g/mol. The summed E-state index contributed by atoms with van der Waals surface area (Å²) in [5.74, 6) is -1.28. The van der Waals surface area contributed by atoms with Crippen LogP contribution in [0.3, 0.4) is 0 Å². The van der Waals surface area contributed by atoms with Gasteiger partial charge in [0.2, 0.25) is 0 Å². The summed E-state index contributed by atoms with van der Waals surface area (Å²) < 4.78 is 32.0. The Hall–Kier alpha value is -3.93. The Morgan fingerprint density at radius 3 is 2.78 bits per heavy atom. The number of hydrogen-bond acceptors (Lipinski definition) is 7. The summed E-state index contributed by atoms with van der Waals surface area (Å²) in [6.45, 7) is 0.0341. The highest BCUT2D eigenvalue weighted by molar-refractivity contribution is 6.10. The van der Waals surface area contributed by atoms with Crippen LogP contribution in [0.25, 0.3) is 5.70 Å². The van der Waals surface area contributed by atoms with Gasteiger partial charge in [-0.05, 0) is 12.1 Å². The van der Waals surface area contributed by atoms with Crippen LogP contribution in [0, 0.1) is 23.0 Å². The Bertz CT molecular complexity index is 1050. The lowest BCUT2D eigenvalue weighted by Gasteiger charge is -2.04. The molecule has 134 valence electrons. The number of aliphatic imine (C=N–C) groups is 1. The van der Waals surface area contributed by atoms with Gasteiger partial charge in [-0.1, -0.05) is 23.4 Å². The van der Waals surface area contributed by atoms with Gasteiger partial charge in [0.15, 0.2) is 17.3 Å². The van der Waals surface area contributed by atoms with E-state index in [1.807, 2.05) is 0 Å². The van der Waals surface area contributed by atoms with Gasteiger partial charge >= 0.3 is 0 Å². The van der Waals surface area contributed by atoms with Crippen molar-refractivity contribution in [3.8, 4) is 6.07 Å². The lowest BCUT2D eigenvalue weighted by Crippen LogP contribution is -2.09. The molecule has 0 spiro atoms. The molecule has 0 atom stereocenters. The first-order valence-electron chi connectivity index (χ1n) is 7.67. The minimum absolute atomic E-state index is 0.0294. The second-order valence-corrected chi connectivity index (χ2v) is 5.28. The van der Waals surface area contributed by atoms with Crippen molar-refractivity contribution in [2.24, 2.45) is 10.7 Å². The number of halogens is 2. The Balaban J connectivity index is 1.97. The molecule has 0 fully saturated rings. The van der Waals surface area contributed by atoms with Crippen LogP contribution in [-0.2, 0) is 6.54 Å². The van der Waals surface area contributed by atoms with Gasteiger partial charge in [-0.3, -0.25) is 4.99 Å². The zero-order valence-electron chi connectivity index (χ0n) is 13.8. The van der Waals surface area contributed by atoms with Crippen molar-refractivity contribution in [3.63, 3.8) is 0 Å². The van der Waals surface area contributed by atoms with Crippen molar-refractivity contribution >= 4 is 11.4 Å². The second kappa shape index (κ2) is 7.97. The SMILES string of the molecule is N#Cc1nc(/C(N)=C/C(=NCc2ccccc2F)c2ccon2)ncc1F. The predicted molar refractivity (Wildman–Crippen MR) is 92.0 cm³/mol. The molecule has 3 aromatic rings. The van der Waals surface area contributed by atoms with E-state index in [0.717, 1.165) is 6.20 Å². The Morgan fingerprint density at radius 1 is 1.26 bits per heavy atom. The van der Waals surface area contributed by atoms with Crippen LogP contribution in [0.15, 0.2) is 58.4 Å². The molecular weight excluding hydrogens is 354 g/mol. The highest BCUT2D eigenvalue weighted by atomic mass is 19.1. The fourth-order valence-corrected chi connectivity index (χ4v) is 2.14. The van der Waals surface area contributed by atoms with E-state index in [-0.39, 0.29) is 23.8 Å². The molecule has 0 aliphatic carbocycles. The van der Waals surface area contributed by atoms with E-state index < -0.39 is 17.3 Å². The minimum Gasteiger partial charge on any atom is -0.396 e. The molecule has 0 radical (unpaired) electrons. The topological polar surface area (TPSA) is 114 Å². The summed E-state index contributed by atoms with van der Waals surface area (Å²) in [7, 11) is 0. The summed E-state index contributed by atoms with van der Waals surface area (Å²) in [4.78, 5) is 11.8. The minimum atomic E-state index is -0.848. The van der Waals surface area contributed by atoms with Crippen LogP contribution < -0.4 is 5.73 Å². The van der Waals surface area contributed by atoms with Crippen LogP contribution in [0.2, 0.25) is 0 Å². The average Bonchev–Trinajstić information content (AvgIpc) is 3.21. The number of rotatable bonds is 5. The van der Waals surface area contributed by atoms with Gasteiger partial charge in [0.05, 0.1) is 24.2 Å². The third kappa shape index (κ3) is 4.19. The number of nitrogens with zero attached hydrogens (tertiary/aromatic N) is 5. The van der Waals surface area contributed by atoms with Gasteiger partial charge in [-0.25, -0.2) is 18.7 Å². The Morgan fingerprint density at radius 2 is 2.07 bits per heavy atom. The molecule has 0 aliphatic heterocycles. The van der Waals surface area contributed by atoms with Crippen LogP contribution in [0.5, 0.6) is 0 Å². The van der Waals surface area contributed by atoms with Gasteiger partial charge in [0, 0.05) is 11.6 Å². The molecule has 9 heteroatoms. The van der Waals surface area contributed by atoms with Crippen molar-refractivity contribution in [2.75, 3.05) is 0 Å². The molecule has 2 aromatic heterocycles. The molecular formula is C18H12F2N6O. The van der Waals surface area contributed by atoms with Crippen LogP contribution in [-0.4, -0.2) is 20.8 Å². The molecule has 2 N–H and O–H groups in total. The maximum atomic E-state index is 13.8. The first kappa shape index (κ1) is 17.9. The zero-order chi connectivity index (χ0) is 19.2. The molecule has 3 rings (SSSR count). The quantitative estimate of drug-likeness (QED) is 0.694. The predicted octanol–water partition coefficient (Wildman–Crippen LogP) is 2.60. The largest absolute Gasteiger partial charge is 0.396 e. The summed E-state index contributed by atoms with van der Waals surface area (Å²) in [5, 5.41) is 12.7. The van der Waals surface area contributed by atoms with Gasteiger partial charge in [-0.2, -0.15) is 5.26 Å². The summed E-state index contributed by atoms with van der Waals surface area (Å²) in [5.41, 5.74) is 6.60. The normalized spacial score (nSPS) is 12.0. The molecule has 1 aromatic carbocycles. The second-order valence-electron chi connectivity index (χ2n) is 5.28. The Labute approximate surface area is 152 Å². The van der Waals surface area contributed by atoms with Gasteiger partial charge in [-0.15, -0.1) is 0 Å². The summed E-state index contributed by atoms with van der Waals surface area (Å²) in [6, 6.07) is 9.39. The van der Waals surface area contributed by atoms with Crippen molar-refractivity contribution in [3.05, 3.63) is 83.3 Å². The standard InChI is InChI=1S/C18H12F2N6O/c19-12-4-2-1-3-11(12)9-23-16(15-5-6-27-26-15)7-14(22)18-24-10-13(20)17(8-21)25-18/h1-7,10H,9,22H2/b14-7-,23-16?. The molecule has 2 heterocycles. The van der Waals surface area contributed by atoms with Crippen LogP contribution >= 0.6 is 0 Å².